The van der Waals surface area contributed by atoms with E-state index in [1.807, 2.05) is 0 Å². The average molecular weight is 289 g/mol. The molecule has 110 valence electrons. The Morgan fingerprint density at radius 3 is 2.95 bits per heavy atom. The van der Waals surface area contributed by atoms with Crippen LogP contribution in [0, 0.1) is 17.7 Å². The van der Waals surface area contributed by atoms with E-state index in [2.05, 4.69) is 17.2 Å². The van der Waals surface area contributed by atoms with Gasteiger partial charge >= 0.3 is 0 Å². The lowest BCUT2D eigenvalue weighted by molar-refractivity contribution is 0.0840. The molecule has 1 amide bonds. The van der Waals surface area contributed by atoms with E-state index in [1.165, 1.54) is 18.2 Å². The van der Waals surface area contributed by atoms with Crippen LogP contribution in [0.5, 0.6) is 0 Å². The molecule has 5 heteroatoms. The maximum Gasteiger partial charge on any atom is 0.251 e. The Bertz CT molecular complexity index is 620. The Morgan fingerprint density at radius 2 is 2.33 bits per heavy atom. The minimum Gasteiger partial charge on any atom is -0.384 e. The first-order valence-electron chi connectivity index (χ1n) is 7.03. The second kappa shape index (κ2) is 5.84. The molecule has 1 aromatic rings. The fraction of sp³-hybridized carbons (Fsp3) is 0.438. The lowest BCUT2D eigenvalue weighted by Gasteiger charge is -2.20. The summed E-state index contributed by atoms with van der Waals surface area (Å²) >= 11 is 0. The topological polar surface area (TPSA) is 58.6 Å². The Balaban J connectivity index is 1.69. The molecule has 2 N–H and O–H groups in total. The maximum atomic E-state index is 13.8. The summed E-state index contributed by atoms with van der Waals surface area (Å²) in [5, 5.41) is 11.5. The third-order valence-corrected chi connectivity index (χ3v) is 3.96. The van der Waals surface area contributed by atoms with E-state index >= 15 is 0 Å². The van der Waals surface area contributed by atoms with Gasteiger partial charge in [-0.15, -0.1) is 0 Å². The van der Waals surface area contributed by atoms with Crippen LogP contribution in [0.1, 0.15) is 35.2 Å². The Labute approximate surface area is 122 Å². The highest BCUT2D eigenvalue weighted by molar-refractivity contribution is 5.94. The number of rotatable bonds is 2. The number of ether oxygens (including phenoxy) is 1. The summed E-state index contributed by atoms with van der Waals surface area (Å²) in [7, 11) is 0. The fourth-order valence-electron chi connectivity index (χ4n) is 2.93. The normalized spacial score (nSPS) is 26.3. The van der Waals surface area contributed by atoms with Crippen molar-refractivity contribution >= 4 is 5.91 Å². The number of halogens is 1. The van der Waals surface area contributed by atoms with Crippen LogP contribution in [0.3, 0.4) is 0 Å². The molecule has 3 atom stereocenters. The molecule has 2 heterocycles. The van der Waals surface area contributed by atoms with E-state index in [4.69, 9.17) is 9.84 Å². The van der Waals surface area contributed by atoms with Gasteiger partial charge in [-0.3, -0.25) is 4.79 Å². The third-order valence-electron chi connectivity index (χ3n) is 3.96. The molecule has 0 aliphatic carbocycles. The lowest BCUT2D eigenvalue weighted by atomic mass is 9.95. The zero-order valence-corrected chi connectivity index (χ0v) is 11.4. The van der Waals surface area contributed by atoms with E-state index in [9.17, 15) is 9.18 Å². The highest BCUT2D eigenvalue weighted by Crippen LogP contribution is 2.34. The average Bonchev–Trinajstić information content (AvgIpc) is 3.08. The van der Waals surface area contributed by atoms with Crippen LogP contribution in [0.4, 0.5) is 4.39 Å². The molecule has 1 aromatic carbocycles. The molecular formula is C16H16FNO3. The van der Waals surface area contributed by atoms with E-state index in [0.29, 0.717) is 0 Å². The van der Waals surface area contributed by atoms with Crippen molar-refractivity contribution < 1.29 is 19.0 Å². The van der Waals surface area contributed by atoms with Gasteiger partial charge in [-0.2, -0.15) is 0 Å². The number of carbonyl (C=O) groups is 1. The predicted octanol–water partition coefficient (Wildman–Crippen LogP) is 1.22. The number of amides is 1. The number of aliphatic hydroxyl groups is 1. The molecule has 2 aliphatic rings. The van der Waals surface area contributed by atoms with Gasteiger partial charge in [0.15, 0.2) is 0 Å². The van der Waals surface area contributed by atoms with Crippen LogP contribution in [-0.2, 0) is 4.74 Å². The molecule has 3 unspecified atom stereocenters. The standard InChI is InChI=1S/C16H16FNO3/c17-13-8-11(4-3-10(13)2-1-7-19)16(20)18-14-9-12-5-6-15(14)21-12/h3-4,8,12,14-15,19H,5-7,9H2,(H,18,20). The quantitative estimate of drug-likeness (QED) is 0.805. The highest BCUT2D eigenvalue weighted by atomic mass is 19.1. The molecule has 2 bridgehead atoms. The summed E-state index contributed by atoms with van der Waals surface area (Å²) in [6.07, 6.45) is 3.22. The van der Waals surface area contributed by atoms with Gasteiger partial charge in [0.25, 0.3) is 5.91 Å². The SMILES string of the molecule is O=C(NC1CC2CCC1O2)c1ccc(C#CCO)c(F)c1. The highest BCUT2D eigenvalue weighted by Gasteiger charge is 2.41. The first-order valence-corrected chi connectivity index (χ1v) is 7.03. The Morgan fingerprint density at radius 1 is 1.48 bits per heavy atom. The summed E-state index contributed by atoms with van der Waals surface area (Å²) < 4.78 is 19.5. The van der Waals surface area contributed by atoms with Crippen molar-refractivity contribution in [3.63, 3.8) is 0 Å². The van der Waals surface area contributed by atoms with Crippen molar-refractivity contribution in [1.29, 1.82) is 0 Å². The van der Waals surface area contributed by atoms with Gasteiger partial charge < -0.3 is 15.2 Å². The molecule has 0 aromatic heterocycles. The first kappa shape index (κ1) is 14.1. The fourth-order valence-corrected chi connectivity index (χ4v) is 2.93. The van der Waals surface area contributed by atoms with Gasteiger partial charge in [0, 0.05) is 5.56 Å². The summed E-state index contributed by atoms with van der Waals surface area (Å²) in [5.74, 6) is 4.02. The van der Waals surface area contributed by atoms with Crippen molar-refractivity contribution in [3.8, 4) is 11.8 Å². The molecule has 0 spiro atoms. The second-order valence-electron chi connectivity index (χ2n) is 5.34. The van der Waals surface area contributed by atoms with Gasteiger partial charge in [0.05, 0.1) is 23.8 Å². The van der Waals surface area contributed by atoms with Crippen LogP contribution in [-0.4, -0.2) is 35.9 Å². The number of hydrogen-bond donors (Lipinski definition) is 2. The van der Waals surface area contributed by atoms with Crippen LogP contribution >= 0.6 is 0 Å². The summed E-state index contributed by atoms with van der Waals surface area (Å²) in [4.78, 5) is 12.1. The minimum atomic E-state index is -0.562. The van der Waals surface area contributed by atoms with Gasteiger partial charge in [-0.05, 0) is 37.5 Å². The molecule has 2 saturated heterocycles. The van der Waals surface area contributed by atoms with Gasteiger partial charge in [-0.1, -0.05) is 11.8 Å². The molecule has 21 heavy (non-hydrogen) atoms. The number of hydrogen-bond acceptors (Lipinski definition) is 3. The van der Waals surface area contributed by atoms with E-state index < -0.39 is 5.82 Å². The van der Waals surface area contributed by atoms with Crippen molar-refractivity contribution in [2.45, 2.75) is 37.5 Å². The molecule has 2 fully saturated rings. The van der Waals surface area contributed by atoms with Gasteiger partial charge in [0.2, 0.25) is 0 Å². The van der Waals surface area contributed by atoms with Gasteiger partial charge in [-0.25, -0.2) is 4.39 Å². The lowest BCUT2D eigenvalue weighted by Crippen LogP contribution is -2.41. The van der Waals surface area contributed by atoms with Crippen LogP contribution in [0.2, 0.25) is 0 Å². The number of carbonyl (C=O) groups excluding carboxylic acids is 1. The van der Waals surface area contributed by atoms with E-state index in [0.717, 1.165) is 19.3 Å². The smallest absolute Gasteiger partial charge is 0.251 e. The van der Waals surface area contributed by atoms with Crippen molar-refractivity contribution in [1.82, 2.24) is 5.32 Å². The zero-order valence-electron chi connectivity index (χ0n) is 11.4. The predicted molar refractivity (Wildman–Crippen MR) is 74.1 cm³/mol. The summed E-state index contributed by atoms with van der Waals surface area (Å²) in [6, 6.07) is 4.18. The van der Waals surface area contributed by atoms with Crippen molar-refractivity contribution in [2.24, 2.45) is 0 Å². The first-order chi connectivity index (χ1) is 10.2. The van der Waals surface area contributed by atoms with Crippen LogP contribution in [0.25, 0.3) is 0 Å². The number of nitrogens with one attached hydrogen (secondary N) is 1. The Kier molecular flexibility index (Phi) is 3.91. The Hall–Kier alpha value is -1.90. The van der Waals surface area contributed by atoms with Crippen LogP contribution in [0.15, 0.2) is 18.2 Å². The molecular weight excluding hydrogens is 273 g/mol. The third kappa shape index (κ3) is 2.92. The minimum absolute atomic E-state index is 0.0215. The number of benzene rings is 1. The van der Waals surface area contributed by atoms with Crippen LogP contribution < -0.4 is 5.32 Å². The second-order valence-corrected chi connectivity index (χ2v) is 5.34. The van der Waals surface area contributed by atoms with Crippen molar-refractivity contribution in [3.05, 3.63) is 35.1 Å². The largest absolute Gasteiger partial charge is 0.384 e. The maximum absolute atomic E-state index is 13.8. The number of fused-ring (bicyclic) bond motifs is 2. The molecule has 0 saturated carbocycles. The van der Waals surface area contributed by atoms with Gasteiger partial charge in [0.1, 0.15) is 12.4 Å². The zero-order chi connectivity index (χ0) is 14.8. The molecule has 3 rings (SSSR count). The monoisotopic (exact) mass is 289 g/mol. The van der Waals surface area contributed by atoms with Crippen molar-refractivity contribution in [2.75, 3.05) is 6.61 Å². The van der Waals surface area contributed by atoms with E-state index in [-0.39, 0.29) is 41.9 Å². The molecule has 2 aliphatic heterocycles. The molecule has 4 nitrogen and oxygen atoms in total. The molecule has 0 radical (unpaired) electrons. The summed E-state index contributed by atoms with van der Waals surface area (Å²) in [6.45, 7) is -0.327. The number of aliphatic hydroxyl groups excluding tert-OH is 1. The summed E-state index contributed by atoms with van der Waals surface area (Å²) in [5.41, 5.74) is 0.439. The van der Waals surface area contributed by atoms with E-state index in [1.54, 1.807) is 0 Å².